The van der Waals surface area contributed by atoms with E-state index in [1.165, 1.54) is 12.0 Å². The molecule has 15 heteroatoms. The lowest BCUT2D eigenvalue weighted by atomic mass is 10.0. The SMILES string of the molecule is COc1cc(C(=O)N2CCC[C@@H]2C(=O)Nc2ccccc2)ccc1-c1cn[nH]c1.COc1cc(C(=O)N2CCC[C@@H]2C(=O)O)ccc1-c1cn[nH]c1.Nc1ccccc1. The second-order valence-corrected chi connectivity index (χ2v) is 13.7. The van der Waals surface area contributed by atoms with Crippen LogP contribution in [0.4, 0.5) is 11.4 Å². The number of methoxy groups -OCH3 is 2. The van der Waals surface area contributed by atoms with Gasteiger partial charge in [-0.3, -0.25) is 24.6 Å². The third-order valence-corrected chi connectivity index (χ3v) is 9.97. The summed E-state index contributed by atoms with van der Waals surface area (Å²) in [5, 5.41) is 25.5. The van der Waals surface area contributed by atoms with Gasteiger partial charge in [-0.15, -0.1) is 0 Å². The van der Waals surface area contributed by atoms with E-state index in [9.17, 15) is 24.3 Å². The van der Waals surface area contributed by atoms with E-state index in [1.807, 2.05) is 66.7 Å². The summed E-state index contributed by atoms with van der Waals surface area (Å²) in [6.07, 6.45) is 9.50. The lowest BCUT2D eigenvalue weighted by Crippen LogP contribution is -2.43. The molecule has 8 rings (SSSR count). The van der Waals surface area contributed by atoms with Crippen molar-refractivity contribution in [3.63, 3.8) is 0 Å². The van der Waals surface area contributed by atoms with Crippen molar-refractivity contribution in [2.24, 2.45) is 0 Å². The quantitative estimate of drug-likeness (QED) is 0.102. The Balaban J connectivity index is 0.000000173. The molecule has 304 valence electrons. The molecule has 2 aliphatic heterocycles. The number of H-pyrrole nitrogens is 2. The van der Waals surface area contributed by atoms with Crippen molar-refractivity contribution in [2.45, 2.75) is 37.8 Å². The van der Waals surface area contributed by atoms with Gasteiger partial charge in [-0.25, -0.2) is 4.79 Å². The first kappa shape index (κ1) is 41.2. The summed E-state index contributed by atoms with van der Waals surface area (Å²) < 4.78 is 10.9. The number of nitrogens with zero attached hydrogens (tertiary/aromatic N) is 4. The number of aliphatic carboxylic acids is 1. The second kappa shape index (κ2) is 19.6. The molecule has 2 atom stereocenters. The molecular formula is C44H46N8O7. The molecule has 4 aromatic carbocycles. The van der Waals surface area contributed by atoms with Crippen LogP contribution in [0.3, 0.4) is 0 Å². The minimum absolute atomic E-state index is 0.163. The number of nitrogens with two attached hydrogens (primary N) is 1. The van der Waals surface area contributed by atoms with Gasteiger partial charge in [0.25, 0.3) is 11.8 Å². The molecular weight excluding hydrogens is 753 g/mol. The average molecular weight is 799 g/mol. The Morgan fingerprint density at radius 1 is 0.695 bits per heavy atom. The minimum atomic E-state index is -0.960. The monoisotopic (exact) mass is 798 g/mol. The normalized spacial score (nSPS) is 15.6. The number of carbonyl (C=O) groups excluding carboxylic acids is 3. The Morgan fingerprint density at radius 3 is 1.59 bits per heavy atom. The van der Waals surface area contributed by atoms with Gasteiger partial charge in [0.05, 0.1) is 26.6 Å². The topological polar surface area (TPSA) is 209 Å². The van der Waals surface area contributed by atoms with Crippen LogP contribution in [0.25, 0.3) is 22.3 Å². The number of carboxylic acids is 1. The number of rotatable bonds is 9. The summed E-state index contributed by atoms with van der Waals surface area (Å²) in [5.74, 6) is -0.452. The molecule has 0 radical (unpaired) electrons. The number of nitrogen functional groups attached to an aromatic ring is 1. The van der Waals surface area contributed by atoms with Gasteiger partial charge in [0, 0.05) is 70.2 Å². The predicted octanol–water partition coefficient (Wildman–Crippen LogP) is 6.37. The number of amides is 3. The predicted molar refractivity (Wildman–Crippen MR) is 223 cm³/mol. The first-order valence-electron chi connectivity index (χ1n) is 19.0. The van der Waals surface area contributed by atoms with E-state index in [4.69, 9.17) is 15.2 Å². The number of benzene rings is 4. The fraction of sp³-hybridized carbons (Fsp3) is 0.227. The molecule has 6 N–H and O–H groups in total. The molecule has 0 bridgehead atoms. The molecule has 2 saturated heterocycles. The van der Waals surface area contributed by atoms with Crippen molar-refractivity contribution < 1.29 is 33.8 Å². The summed E-state index contributed by atoms with van der Waals surface area (Å²) in [4.78, 5) is 52.8. The van der Waals surface area contributed by atoms with Crippen molar-refractivity contribution in [3.05, 3.63) is 133 Å². The molecule has 4 heterocycles. The average Bonchev–Trinajstić information content (AvgIpc) is 4.12. The van der Waals surface area contributed by atoms with Crippen LogP contribution in [0.1, 0.15) is 46.4 Å². The molecule has 6 aromatic rings. The molecule has 3 amide bonds. The highest BCUT2D eigenvalue weighted by atomic mass is 16.5. The number of ether oxygens (including phenoxy) is 2. The molecule has 2 aliphatic rings. The summed E-state index contributed by atoms with van der Waals surface area (Å²) in [6.45, 7) is 1.01. The van der Waals surface area contributed by atoms with Gasteiger partial charge < -0.3 is 35.4 Å². The second-order valence-electron chi connectivity index (χ2n) is 13.7. The summed E-state index contributed by atoms with van der Waals surface area (Å²) in [5.41, 5.74) is 11.2. The van der Waals surface area contributed by atoms with Gasteiger partial charge >= 0.3 is 5.97 Å². The van der Waals surface area contributed by atoms with Crippen molar-refractivity contribution >= 4 is 35.1 Å². The summed E-state index contributed by atoms with van der Waals surface area (Å²) >= 11 is 0. The first-order chi connectivity index (χ1) is 28.7. The number of hydrogen-bond acceptors (Lipinski definition) is 9. The maximum absolute atomic E-state index is 13.2. The first-order valence-corrected chi connectivity index (χ1v) is 19.0. The molecule has 59 heavy (non-hydrogen) atoms. The number of carbonyl (C=O) groups is 4. The van der Waals surface area contributed by atoms with Gasteiger partial charge in [0.2, 0.25) is 5.91 Å². The number of carboxylic acid groups (broad SMARTS) is 1. The van der Waals surface area contributed by atoms with Crippen LogP contribution in [0, 0.1) is 0 Å². The molecule has 0 spiro atoms. The Labute approximate surface area is 341 Å². The standard InChI is InChI=1S/C22H22N4O3.C16H17N3O4.C6H7N/c1-29-20-12-15(9-10-18(20)16-13-23-24-14-16)22(28)26-11-5-8-19(26)21(27)25-17-6-3-2-4-7-17;1-23-14-7-10(4-5-12(14)11-8-17-18-9-11)15(20)19-6-2-3-13(19)16(21)22;7-6-4-2-1-3-5-6/h2-4,6-7,9-10,12-14,19H,5,8,11H2,1H3,(H,23,24)(H,25,27);4-5,7-9,13H,2-3,6H2,1H3,(H,17,18)(H,21,22);1-5H,7H2/t19-;13-;/m11./s1. The molecule has 0 saturated carbocycles. The van der Waals surface area contributed by atoms with Gasteiger partial charge in [0.15, 0.2) is 0 Å². The Morgan fingerprint density at radius 2 is 1.17 bits per heavy atom. The van der Waals surface area contributed by atoms with Crippen molar-refractivity contribution in [2.75, 3.05) is 38.4 Å². The Hall–Kier alpha value is -7.42. The largest absolute Gasteiger partial charge is 0.496 e. The maximum atomic E-state index is 13.2. The van der Waals surface area contributed by atoms with Crippen LogP contribution in [0.5, 0.6) is 11.5 Å². The Bertz CT molecular complexity index is 2320. The number of likely N-dealkylation sites (tertiary alicyclic amines) is 2. The minimum Gasteiger partial charge on any atom is -0.496 e. The van der Waals surface area contributed by atoms with E-state index < -0.39 is 18.1 Å². The third-order valence-electron chi connectivity index (χ3n) is 9.97. The zero-order chi connectivity index (χ0) is 41.7. The highest BCUT2D eigenvalue weighted by Gasteiger charge is 2.36. The van der Waals surface area contributed by atoms with E-state index >= 15 is 0 Å². The van der Waals surface area contributed by atoms with E-state index in [0.29, 0.717) is 55.0 Å². The van der Waals surface area contributed by atoms with Gasteiger partial charge in [-0.2, -0.15) is 10.2 Å². The summed E-state index contributed by atoms with van der Waals surface area (Å²) in [7, 11) is 3.10. The van der Waals surface area contributed by atoms with Crippen molar-refractivity contribution in [1.29, 1.82) is 0 Å². The van der Waals surface area contributed by atoms with E-state index in [0.717, 1.165) is 40.0 Å². The molecule has 15 nitrogen and oxygen atoms in total. The number of hydrogen-bond donors (Lipinski definition) is 5. The van der Waals surface area contributed by atoms with Crippen LogP contribution >= 0.6 is 0 Å². The lowest BCUT2D eigenvalue weighted by Gasteiger charge is -2.24. The zero-order valence-corrected chi connectivity index (χ0v) is 32.7. The number of aromatic nitrogens is 4. The van der Waals surface area contributed by atoms with Crippen LogP contribution in [0.15, 0.2) is 122 Å². The van der Waals surface area contributed by atoms with E-state index in [2.05, 4.69) is 25.7 Å². The Kier molecular flexibility index (Phi) is 13.7. The number of anilines is 2. The van der Waals surface area contributed by atoms with Crippen LogP contribution in [-0.2, 0) is 9.59 Å². The number of nitrogens with one attached hydrogen (secondary N) is 3. The maximum Gasteiger partial charge on any atom is 0.326 e. The van der Waals surface area contributed by atoms with Gasteiger partial charge in [-0.05, 0) is 86.3 Å². The van der Waals surface area contributed by atoms with Crippen LogP contribution in [-0.4, -0.2) is 98.4 Å². The highest BCUT2D eigenvalue weighted by molar-refractivity contribution is 6.02. The van der Waals surface area contributed by atoms with Crippen molar-refractivity contribution in [1.82, 2.24) is 30.2 Å². The smallest absolute Gasteiger partial charge is 0.326 e. The van der Waals surface area contributed by atoms with Crippen molar-refractivity contribution in [3.8, 4) is 33.8 Å². The lowest BCUT2D eigenvalue weighted by molar-refractivity contribution is -0.141. The molecule has 0 aliphatic carbocycles. The van der Waals surface area contributed by atoms with Gasteiger partial charge in [-0.1, -0.05) is 36.4 Å². The van der Waals surface area contributed by atoms with E-state index in [1.54, 1.807) is 67.1 Å². The van der Waals surface area contributed by atoms with Gasteiger partial charge in [0.1, 0.15) is 23.6 Å². The summed E-state index contributed by atoms with van der Waals surface area (Å²) in [6, 6.07) is 28.0. The molecule has 2 aromatic heterocycles. The van der Waals surface area contributed by atoms with Crippen LogP contribution in [0.2, 0.25) is 0 Å². The van der Waals surface area contributed by atoms with E-state index in [-0.39, 0.29) is 17.7 Å². The fourth-order valence-corrected chi connectivity index (χ4v) is 7.00. The molecule has 0 unspecified atom stereocenters. The zero-order valence-electron chi connectivity index (χ0n) is 32.7. The third kappa shape index (κ3) is 10.1. The number of aromatic amines is 2. The van der Waals surface area contributed by atoms with Crippen LogP contribution < -0.4 is 20.5 Å². The fourth-order valence-electron chi connectivity index (χ4n) is 7.00. The molecule has 2 fully saturated rings. The highest BCUT2D eigenvalue weighted by Crippen LogP contribution is 2.33. The number of para-hydroxylation sites is 2.